The largest absolute Gasteiger partial charge is 0.321 e. The molecule has 0 atom stereocenters. The predicted octanol–water partition coefficient (Wildman–Crippen LogP) is 6.13. The van der Waals surface area contributed by atoms with Crippen molar-refractivity contribution >= 4 is 43.4 Å². The van der Waals surface area contributed by atoms with Gasteiger partial charge < -0.3 is 4.57 Å². The van der Waals surface area contributed by atoms with Crippen molar-refractivity contribution in [3.8, 4) is 0 Å². The summed E-state index contributed by atoms with van der Waals surface area (Å²) in [7, 11) is 0. The van der Waals surface area contributed by atoms with E-state index < -0.39 is 12.0 Å². The van der Waals surface area contributed by atoms with Crippen molar-refractivity contribution in [2.75, 3.05) is 0 Å². The Kier molecular flexibility index (Phi) is 3.02. The summed E-state index contributed by atoms with van der Waals surface area (Å²) in [5.74, 6) is 0. The van der Waals surface area contributed by atoms with Gasteiger partial charge in [0.2, 0.25) is 0 Å². The summed E-state index contributed by atoms with van der Waals surface area (Å²) in [5, 5.41) is 5.69. The normalized spacial score (nSPS) is 12.1. The van der Waals surface area contributed by atoms with Gasteiger partial charge in [0.1, 0.15) is 6.67 Å². The zero-order valence-electron chi connectivity index (χ0n) is 13.3. The molecule has 0 N–H and O–H groups in total. The highest BCUT2D eigenvalue weighted by Gasteiger charge is 2.17. The summed E-state index contributed by atoms with van der Waals surface area (Å²) < 4.78 is 27.9. The van der Waals surface area contributed by atoms with Crippen LogP contribution in [0, 0.1) is 0 Å². The van der Waals surface area contributed by atoms with E-state index in [4.69, 9.17) is 0 Å². The zero-order chi connectivity index (χ0) is 17.0. The second-order valence-corrected chi connectivity index (χ2v) is 6.23. The predicted molar refractivity (Wildman–Crippen MR) is 98.5 cm³/mol. The second kappa shape index (κ2) is 5.26. The van der Waals surface area contributed by atoms with Crippen LogP contribution in [0.5, 0.6) is 0 Å². The van der Waals surface area contributed by atoms with Crippen molar-refractivity contribution in [2.24, 2.45) is 0 Å². The van der Waals surface area contributed by atoms with Crippen LogP contribution in [0.15, 0.2) is 72.8 Å². The van der Waals surface area contributed by atoms with Crippen molar-refractivity contribution < 1.29 is 8.96 Å². The van der Waals surface area contributed by atoms with Crippen molar-refractivity contribution in [2.45, 2.75) is 6.67 Å². The average Bonchev–Trinajstić information content (AvgIpc) is 2.96. The van der Waals surface area contributed by atoms with Gasteiger partial charge in [0.05, 0.1) is 11.0 Å². The van der Waals surface area contributed by atoms with Crippen LogP contribution >= 0.6 is 0 Å². The van der Waals surface area contributed by atoms with Crippen LogP contribution in [0.1, 0.15) is 0 Å². The van der Waals surface area contributed by atoms with Gasteiger partial charge in [-0.3, -0.25) is 0 Å². The number of hydrogen-bond acceptors (Lipinski definition) is 1. The van der Waals surface area contributed by atoms with Crippen LogP contribution in [0.25, 0.3) is 43.4 Å². The van der Waals surface area contributed by atoms with E-state index in [-0.39, 0.29) is 0 Å². The van der Waals surface area contributed by atoms with Gasteiger partial charge in [-0.25, -0.2) is 0 Å². The Morgan fingerprint density at radius 2 is 1.12 bits per heavy atom. The SMILES string of the molecule is FN(F)Cn1c2ccc3ccccc3c2c2c3ccccc3ccc21. The second-order valence-electron chi connectivity index (χ2n) is 6.23. The van der Waals surface area contributed by atoms with Crippen molar-refractivity contribution in [1.82, 2.24) is 9.91 Å². The Balaban J connectivity index is 2.10. The summed E-state index contributed by atoms with van der Waals surface area (Å²) >= 11 is 0. The first kappa shape index (κ1) is 14.4. The lowest BCUT2D eigenvalue weighted by atomic mass is 10.00. The van der Waals surface area contributed by atoms with E-state index in [2.05, 4.69) is 24.3 Å². The Labute approximate surface area is 142 Å². The Bertz CT molecular complexity index is 1160. The Morgan fingerprint density at radius 1 is 0.640 bits per heavy atom. The molecule has 25 heavy (non-hydrogen) atoms. The molecular weight excluding hydrogens is 318 g/mol. The van der Waals surface area contributed by atoms with E-state index in [0.29, 0.717) is 0 Å². The van der Waals surface area contributed by atoms with E-state index >= 15 is 0 Å². The Morgan fingerprint density at radius 3 is 1.60 bits per heavy atom. The summed E-state index contributed by atoms with van der Waals surface area (Å²) in [6.45, 7) is -0.462. The highest BCUT2D eigenvalue weighted by atomic mass is 19.4. The fourth-order valence-electron chi connectivity index (χ4n) is 3.88. The summed E-state index contributed by atoms with van der Waals surface area (Å²) in [6, 6.07) is 24.1. The molecule has 4 aromatic carbocycles. The molecule has 122 valence electrons. The van der Waals surface area contributed by atoms with Crippen LogP contribution in [0.2, 0.25) is 0 Å². The molecule has 0 unspecified atom stereocenters. The molecule has 0 radical (unpaired) electrons. The summed E-state index contributed by atoms with van der Waals surface area (Å²) in [5.41, 5.74) is 1.65. The molecule has 1 heterocycles. The molecule has 0 aliphatic heterocycles. The van der Waals surface area contributed by atoms with Gasteiger partial charge >= 0.3 is 0 Å². The molecule has 0 fully saturated rings. The number of aromatic nitrogens is 1. The molecule has 0 aliphatic rings. The van der Waals surface area contributed by atoms with E-state index in [9.17, 15) is 8.96 Å². The number of rotatable bonds is 2. The van der Waals surface area contributed by atoms with E-state index in [0.717, 1.165) is 43.4 Å². The van der Waals surface area contributed by atoms with Crippen LogP contribution in [-0.2, 0) is 6.67 Å². The zero-order valence-corrected chi connectivity index (χ0v) is 13.3. The smallest absolute Gasteiger partial charge is 0.137 e. The molecule has 0 bridgehead atoms. The molecular formula is C21H14F2N2. The molecule has 0 saturated carbocycles. The molecule has 0 spiro atoms. The highest BCUT2D eigenvalue weighted by molar-refractivity contribution is 6.27. The molecule has 4 heteroatoms. The van der Waals surface area contributed by atoms with Gasteiger partial charge in [-0.1, -0.05) is 69.6 Å². The fourth-order valence-corrected chi connectivity index (χ4v) is 3.88. The molecule has 2 nitrogen and oxygen atoms in total. The van der Waals surface area contributed by atoms with E-state index in [1.807, 2.05) is 48.5 Å². The van der Waals surface area contributed by atoms with Gasteiger partial charge in [-0.05, 0) is 33.7 Å². The van der Waals surface area contributed by atoms with Gasteiger partial charge in [0.25, 0.3) is 0 Å². The number of nitrogens with zero attached hydrogens (tertiary/aromatic N) is 2. The van der Waals surface area contributed by atoms with Gasteiger partial charge in [-0.2, -0.15) is 0 Å². The van der Waals surface area contributed by atoms with Gasteiger partial charge in [0.15, 0.2) is 0 Å². The molecule has 0 aliphatic carbocycles. The maximum absolute atomic E-state index is 13.1. The van der Waals surface area contributed by atoms with Crippen LogP contribution in [0.3, 0.4) is 0 Å². The third-order valence-corrected chi connectivity index (χ3v) is 4.89. The van der Waals surface area contributed by atoms with E-state index in [1.54, 1.807) is 4.57 Å². The maximum Gasteiger partial charge on any atom is 0.137 e. The Hall–Kier alpha value is -2.98. The number of halogens is 2. The maximum atomic E-state index is 13.1. The standard InChI is InChI=1S/C21H14F2N2/c22-25(23)13-24-18-11-9-14-5-1-3-7-16(14)20(18)21-17-8-4-2-6-15(17)10-12-19(21)24/h1-12H,13H2. The van der Waals surface area contributed by atoms with E-state index in [1.165, 1.54) is 0 Å². The molecule has 5 aromatic rings. The number of hydrogen-bond donors (Lipinski definition) is 0. The third kappa shape index (κ3) is 2.04. The lowest BCUT2D eigenvalue weighted by Gasteiger charge is -2.07. The lowest BCUT2D eigenvalue weighted by Crippen LogP contribution is -2.08. The molecule has 0 saturated heterocycles. The molecule has 0 amide bonds. The molecule has 5 rings (SSSR count). The van der Waals surface area contributed by atoms with Crippen LogP contribution in [0.4, 0.5) is 8.96 Å². The minimum atomic E-state index is -0.775. The minimum absolute atomic E-state index is 0.462. The van der Waals surface area contributed by atoms with Crippen LogP contribution in [-0.4, -0.2) is 9.91 Å². The third-order valence-electron chi connectivity index (χ3n) is 4.89. The molecule has 1 aromatic heterocycles. The summed E-state index contributed by atoms with van der Waals surface area (Å²) in [4.78, 5) is 0. The van der Waals surface area contributed by atoms with Crippen LogP contribution < -0.4 is 0 Å². The fraction of sp³-hybridized carbons (Fsp3) is 0.0476. The summed E-state index contributed by atoms with van der Waals surface area (Å²) in [6.07, 6.45) is 0. The monoisotopic (exact) mass is 332 g/mol. The first-order valence-electron chi connectivity index (χ1n) is 8.14. The number of benzene rings is 4. The first-order chi connectivity index (χ1) is 12.2. The average molecular weight is 332 g/mol. The van der Waals surface area contributed by atoms with Crippen molar-refractivity contribution in [3.05, 3.63) is 72.8 Å². The minimum Gasteiger partial charge on any atom is -0.321 e. The topological polar surface area (TPSA) is 8.17 Å². The van der Waals surface area contributed by atoms with Crippen molar-refractivity contribution in [1.29, 1.82) is 0 Å². The van der Waals surface area contributed by atoms with Crippen molar-refractivity contribution in [3.63, 3.8) is 0 Å². The van der Waals surface area contributed by atoms with Gasteiger partial charge in [-0.15, -0.1) is 0 Å². The quantitative estimate of drug-likeness (QED) is 0.353. The number of fused-ring (bicyclic) bond motifs is 7. The highest BCUT2D eigenvalue weighted by Crippen LogP contribution is 2.38. The first-order valence-corrected chi connectivity index (χ1v) is 8.14. The lowest BCUT2D eigenvalue weighted by molar-refractivity contribution is -0.176. The van der Waals surface area contributed by atoms with Gasteiger partial charge in [0, 0.05) is 16.1 Å².